The molecule has 0 radical (unpaired) electrons. The van der Waals surface area contributed by atoms with E-state index in [-0.39, 0.29) is 17.1 Å². The van der Waals surface area contributed by atoms with Gasteiger partial charge in [0, 0.05) is 18.2 Å². The molecular weight excluding hydrogens is 276 g/mol. The fraction of sp³-hybridized carbons (Fsp3) is 0.533. The molecule has 4 nitrogen and oxygen atoms in total. The number of ketones is 1. The molecule has 20 heavy (non-hydrogen) atoms. The lowest BCUT2D eigenvalue weighted by atomic mass is 9.97. The lowest BCUT2D eigenvalue weighted by Gasteiger charge is -2.28. The maximum atomic E-state index is 11.6. The van der Waals surface area contributed by atoms with Crippen LogP contribution in [-0.2, 0) is 9.84 Å². The van der Waals surface area contributed by atoms with Gasteiger partial charge in [0.1, 0.15) is 15.6 Å². The van der Waals surface area contributed by atoms with Crippen molar-refractivity contribution in [2.24, 2.45) is 0 Å². The van der Waals surface area contributed by atoms with Crippen LogP contribution in [0.2, 0.25) is 0 Å². The Labute approximate surface area is 120 Å². The third kappa shape index (κ3) is 3.82. The first-order valence-electron chi connectivity index (χ1n) is 6.83. The number of Topliss-reactive ketones (excluding diaryl/α,β-unsaturated/α-hetero) is 1. The van der Waals surface area contributed by atoms with Crippen LogP contribution >= 0.6 is 0 Å². The molecule has 0 amide bonds. The molecule has 1 aliphatic carbocycles. The van der Waals surface area contributed by atoms with Crippen LogP contribution in [0.3, 0.4) is 0 Å². The number of benzene rings is 1. The van der Waals surface area contributed by atoms with E-state index in [1.165, 1.54) is 13.2 Å². The summed E-state index contributed by atoms with van der Waals surface area (Å²) in [5.74, 6) is 0.630. The Kier molecular flexibility index (Phi) is 4.48. The molecule has 0 saturated heterocycles. The summed E-state index contributed by atoms with van der Waals surface area (Å²) in [5.41, 5.74) is 0.609. The number of ether oxygens (including phenoxy) is 1. The molecule has 2 rings (SSSR count). The Morgan fingerprint density at radius 1 is 1.30 bits per heavy atom. The predicted octanol–water partition coefficient (Wildman–Crippen LogP) is 2.62. The largest absolute Gasteiger partial charge is 0.490 e. The molecule has 1 aliphatic rings. The van der Waals surface area contributed by atoms with Gasteiger partial charge in [0.25, 0.3) is 0 Å². The van der Waals surface area contributed by atoms with E-state index in [9.17, 15) is 13.2 Å². The fourth-order valence-corrected chi connectivity index (χ4v) is 3.74. The second-order valence-electron chi connectivity index (χ2n) is 5.44. The summed E-state index contributed by atoms with van der Waals surface area (Å²) >= 11 is 0. The van der Waals surface area contributed by atoms with Gasteiger partial charge in [-0.3, -0.25) is 4.79 Å². The summed E-state index contributed by atoms with van der Waals surface area (Å²) in [4.78, 5) is 11.3. The van der Waals surface area contributed by atoms with Crippen LogP contribution in [0.5, 0.6) is 5.75 Å². The molecule has 1 aromatic rings. The highest BCUT2D eigenvalue weighted by atomic mass is 32.2. The molecular formula is C15H20O4S. The van der Waals surface area contributed by atoms with Crippen molar-refractivity contribution < 1.29 is 17.9 Å². The Morgan fingerprint density at radius 2 is 2.05 bits per heavy atom. The van der Waals surface area contributed by atoms with Crippen molar-refractivity contribution in [1.29, 1.82) is 0 Å². The fourth-order valence-electron chi connectivity index (χ4n) is 2.58. The minimum Gasteiger partial charge on any atom is -0.490 e. The molecule has 0 aliphatic heterocycles. The third-order valence-electron chi connectivity index (χ3n) is 3.73. The van der Waals surface area contributed by atoms with Gasteiger partial charge < -0.3 is 4.74 Å². The summed E-state index contributed by atoms with van der Waals surface area (Å²) in [7, 11) is -3.01. The molecule has 0 heterocycles. The smallest absolute Gasteiger partial charge is 0.159 e. The topological polar surface area (TPSA) is 60.4 Å². The van der Waals surface area contributed by atoms with Crippen LogP contribution < -0.4 is 4.74 Å². The zero-order chi connectivity index (χ0) is 14.8. The van der Waals surface area contributed by atoms with Gasteiger partial charge in [-0.05, 0) is 38.3 Å². The lowest BCUT2D eigenvalue weighted by Crippen LogP contribution is -2.33. The number of carbonyl (C=O) groups is 1. The van der Waals surface area contributed by atoms with Gasteiger partial charge in [0.15, 0.2) is 5.78 Å². The molecule has 1 saturated carbocycles. The van der Waals surface area contributed by atoms with E-state index in [2.05, 4.69) is 0 Å². The number of carbonyl (C=O) groups excluding carboxylic acids is 1. The summed E-state index contributed by atoms with van der Waals surface area (Å²) in [6.45, 7) is 1.51. The van der Waals surface area contributed by atoms with Crippen LogP contribution in [-0.4, -0.2) is 31.8 Å². The first kappa shape index (κ1) is 15.0. The molecule has 0 bridgehead atoms. The maximum absolute atomic E-state index is 11.6. The van der Waals surface area contributed by atoms with Crippen molar-refractivity contribution in [3.8, 4) is 5.75 Å². The zero-order valence-corrected chi connectivity index (χ0v) is 12.7. The van der Waals surface area contributed by atoms with Crippen LogP contribution in [0.25, 0.3) is 0 Å². The molecule has 110 valence electrons. The summed E-state index contributed by atoms with van der Waals surface area (Å²) in [5, 5.41) is -0.308. The summed E-state index contributed by atoms with van der Waals surface area (Å²) in [6, 6.07) is 7.04. The lowest BCUT2D eigenvalue weighted by molar-refractivity contribution is 0.101. The minimum atomic E-state index is -3.01. The number of rotatable bonds is 4. The van der Waals surface area contributed by atoms with Gasteiger partial charge in [-0.15, -0.1) is 0 Å². The van der Waals surface area contributed by atoms with Gasteiger partial charge in [0.05, 0.1) is 11.4 Å². The first-order chi connectivity index (χ1) is 9.36. The first-order valence-corrected chi connectivity index (χ1v) is 8.78. The number of sulfone groups is 1. The van der Waals surface area contributed by atoms with Crippen LogP contribution in [0.1, 0.15) is 43.0 Å². The molecule has 1 fully saturated rings. The van der Waals surface area contributed by atoms with Gasteiger partial charge in [0.2, 0.25) is 0 Å². The molecule has 0 N–H and O–H groups in total. The third-order valence-corrected chi connectivity index (χ3v) is 5.37. The van der Waals surface area contributed by atoms with E-state index < -0.39 is 9.84 Å². The normalized spacial score (nSPS) is 23.3. The van der Waals surface area contributed by atoms with Gasteiger partial charge in [-0.2, -0.15) is 0 Å². The number of hydrogen-bond donors (Lipinski definition) is 0. The number of hydrogen-bond acceptors (Lipinski definition) is 4. The zero-order valence-electron chi connectivity index (χ0n) is 11.8. The predicted molar refractivity (Wildman–Crippen MR) is 78.0 cm³/mol. The quantitative estimate of drug-likeness (QED) is 0.801. The molecule has 0 aromatic heterocycles. The van der Waals surface area contributed by atoms with Crippen LogP contribution in [0.15, 0.2) is 24.3 Å². The van der Waals surface area contributed by atoms with Crippen molar-refractivity contribution in [2.45, 2.75) is 44.0 Å². The average molecular weight is 296 g/mol. The van der Waals surface area contributed by atoms with Crippen molar-refractivity contribution in [3.63, 3.8) is 0 Å². The molecule has 0 spiro atoms. The van der Waals surface area contributed by atoms with Crippen molar-refractivity contribution in [3.05, 3.63) is 29.8 Å². The molecule has 2 unspecified atom stereocenters. The minimum absolute atomic E-state index is 0.00638. The van der Waals surface area contributed by atoms with Gasteiger partial charge in [-0.1, -0.05) is 12.1 Å². The van der Waals surface area contributed by atoms with Crippen molar-refractivity contribution in [1.82, 2.24) is 0 Å². The van der Waals surface area contributed by atoms with E-state index in [1.54, 1.807) is 24.3 Å². The summed E-state index contributed by atoms with van der Waals surface area (Å²) in [6.07, 6.45) is 4.15. The van der Waals surface area contributed by atoms with Gasteiger partial charge in [-0.25, -0.2) is 8.42 Å². The summed E-state index contributed by atoms with van der Waals surface area (Å²) < 4.78 is 29.1. The van der Waals surface area contributed by atoms with E-state index in [4.69, 9.17) is 4.74 Å². The van der Waals surface area contributed by atoms with E-state index in [0.717, 1.165) is 12.8 Å². The van der Waals surface area contributed by atoms with Crippen LogP contribution in [0, 0.1) is 0 Å². The van der Waals surface area contributed by atoms with E-state index >= 15 is 0 Å². The molecule has 5 heteroatoms. The highest BCUT2D eigenvalue weighted by molar-refractivity contribution is 7.91. The maximum Gasteiger partial charge on any atom is 0.159 e. The van der Waals surface area contributed by atoms with Crippen molar-refractivity contribution in [2.75, 3.05) is 6.26 Å². The SMILES string of the molecule is CC(=O)c1cccc(OC2CCCC(S(C)(=O)=O)C2)c1. The Morgan fingerprint density at radius 3 is 2.70 bits per heavy atom. The van der Waals surface area contributed by atoms with Crippen LogP contribution in [0.4, 0.5) is 0 Å². The average Bonchev–Trinajstić information content (AvgIpc) is 2.38. The standard InChI is InChI=1S/C15H20O4S/c1-11(16)12-5-3-6-13(9-12)19-14-7-4-8-15(10-14)20(2,17)18/h3,5-6,9,14-15H,4,7-8,10H2,1-2H3. The highest BCUT2D eigenvalue weighted by Crippen LogP contribution is 2.27. The Hall–Kier alpha value is -1.36. The monoisotopic (exact) mass is 296 g/mol. The molecule has 2 atom stereocenters. The highest BCUT2D eigenvalue weighted by Gasteiger charge is 2.29. The Balaban J connectivity index is 2.06. The van der Waals surface area contributed by atoms with E-state index in [1.807, 2.05) is 0 Å². The van der Waals surface area contributed by atoms with Gasteiger partial charge >= 0.3 is 0 Å². The second-order valence-corrected chi connectivity index (χ2v) is 7.77. The molecule has 1 aromatic carbocycles. The van der Waals surface area contributed by atoms with E-state index in [0.29, 0.717) is 24.2 Å². The Bertz CT molecular complexity index is 592. The van der Waals surface area contributed by atoms with Crippen molar-refractivity contribution >= 4 is 15.6 Å². The second kappa shape index (κ2) is 5.95.